The van der Waals surface area contributed by atoms with Gasteiger partial charge in [-0.1, -0.05) is 6.92 Å². The van der Waals surface area contributed by atoms with Gasteiger partial charge >= 0.3 is 5.97 Å². The topological polar surface area (TPSA) is 96.0 Å². The summed E-state index contributed by atoms with van der Waals surface area (Å²) in [5.41, 5.74) is 1.24. The first-order valence-electron chi connectivity index (χ1n) is 10.8. The van der Waals surface area contributed by atoms with Gasteiger partial charge in [-0.05, 0) is 55.6 Å². The van der Waals surface area contributed by atoms with Gasteiger partial charge in [-0.2, -0.15) is 4.31 Å². The summed E-state index contributed by atoms with van der Waals surface area (Å²) in [5.74, 6) is -1.55. The highest BCUT2D eigenvalue weighted by molar-refractivity contribution is 7.89. The fraction of sp³-hybridized carbons (Fsp3) is 0.455. The molecule has 1 aromatic heterocycles. The second-order valence-corrected chi connectivity index (χ2v) is 11.0. The highest BCUT2D eigenvalue weighted by atomic mass is 32.2. The van der Waals surface area contributed by atoms with E-state index in [1.807, 2.05) is 0 Å². The SMILES string of the molecule is CCN1CCc2c(sc(NC(=O)C3CCCN3S(=O)(=O)c3ccc(F)cc3)c2C(=O)OC)C1. The fourth-order valence-electron chi connectivity index (χ4n) is 4.36. The summed E-state index contributed by atoms with van der Waals surface area (Å²) >= 11 is 1.33. The maximum atomic E-state index is 13.3. The minimum absolute atomic E-state index is 0.0647. The molecular formula is C22H26FN3O5S2. The van der Waals surface area contributed by atoms with Crippen molar-refractivity contribution in [3.63, 3.8) is 0 Å². The van der Waals surface area contributed by atoms with Crippen LogP contribution in [0, 0.1) is 5.82 Å². The number of carbonyl (C=O) groups excluding carboxylic acids is 2. The van der Waals surface area contributed by atoms with Crippen LogP contribution >= 0.6 is 11.3 Å². The monoisotopic (exact) mass is 495 g/mol. The van der Waals surface area contributed by atoms with Crippen molar-refractivity contribution < 1.29 is 27.1 Å². The van der Waals surface area contributed by atoms with Crippen LogP contribution in [0.15, 0.2) is 29.2 Å². The molecule has 11 heteroatoms. The summed E-state index contributed by atoms with van der Waals surface area (Å²) in [7, 11) is -2.68. The lowest BCUT2D eigenvalue weighted by molar-refractivity contribution is -0.119. The molecule has 178 valence electrons. The Bertz CT molecular complexity index is 1160. The van der Waals surface area contributed by atoms with Gasteiger partial charge in [0.15, 0.2) is 0 Å². The molecule has 2 aliphatic heterocycles. The Hall–Kier alpha value is -2.34. The number of fused-ring (bicyclic) bond motifs is 1. The molecule has 8 nitrogen and oxygen atoms in total. The van der Waals surface area contributed by atoms with E-state index in [9.17, 15) is 22.4 Å². The number of amides is 1. The molecule has 0 bridgehead atoms. The summed E-state index contributed by atoms with van der Waals surface area (Å²) in [6.45, 7) is 4.63. The number of likely N-dealkylation sites (N-methyl/N-ethyl adjacent to an activating group) is 1. The van der Waals surface area contributed by atoms with Crippen molar-refractivity contribution in [2.75, 3.05) is 32.1 Å². The smallest absolute Gasteiger partial charge is 0.341 e. The van der Waals surface area contributed by atoms with E-state index in [2.05, 4.69) is 17.1 Å². The van der Waals surface area contributed by atoms with E-state index in [0.717, 1.165) is 40.0 Å². The normalized spacial score (nSPS) is 19.3. The number of benzene rings is 1. The van der Waals surface area contributed by atoms with Gasteiger partial charge in [-0.15, -0.1) is 11.3 Å². The van der Waals surface area contributed by atoms with Crippen LogP contribution in [0.3, 0.4) is 0 Å². The molecule has 2 aliphatic rings. The first kappa shape index (κ1) is 23.8. The highest BCUT2D eigenvalue weighted by Gasteiger charge is 2.40. The second kappa shape index (κ2) is 9.49. The Morgan fingerprint density at radius 1 is 1.24 bits per heavy atom. The van der Waals surface area contributed by atoms with Crippen LogP contribution in [-0.4, -0.2) is 62.3 Å². The number of carbonyl (C=O) groups is 2. The van der Waals surface area contributed by atoms with Crippen molar-refractivity contribution in [3.8, 4) is 0 Å². The minimum Gasteiger partial charge on any atom is -0.465 e. The van der Waals surface area contributed by atoms with Crippen LogP contribution in [0.25, 0.3) is 0 Å². The molecule has 0 radical (unpaired) electrons. The van der Waals surface area contributed by atoms with E-state index in [1.165, 1.54) is 30.6 Å². The average Bonchev–Trinajstić information content (AvgIpc) is 3.43. The van der Waals surface area contributed by atoms with Gasteiger partial charge < -0.3 is 10.1 Å². The lowest BCUT2D eigenvalue weighted by atomic mass is 10.0. The first-order chi connectivity index (χ1) is 15.8. The van der Waals surface area contributed by atoms with Gasteiger partial charge in [0.1, 0.15) is 16.9 Å². The van der Waals surface area contributed by atoms with E-state index in [-0.39, 0.29) is 11.4 Å². The number of halogens is 1. The Morgan fingerprint density at radius 2 is 1.97 bits per heavy atom. The molecule has 1 fully saturated rings. The summed E-state index contributed by atoms with van der Waals surface area (Å²) in [5, 5.41) is 3.20. The van der Waals surface area contributed by atoms with E-state index in [0.29, 0.717) is 36.4 Å². The highest BCUT2D eigenvalue weighted by Crippen LogP contribution is 2.38. The quantitative estimate of drug-likeness (QED) is 0.619. The molecule has 2 aromatic rings. The number of hydrogen-bond acceptors (Lipinski definition) is 7. The van der Waals surface area contributed by atoms with Gasteiger partial charge in [0.2, 0.25) is 15.9 Å². The van der Waals surface area contributed by atoms with Crippen LogP contribution < -0.4 is 5.32 Å². The van der Waals surface area contributed by atoms with Gasteiger partial charge in [0.25, 0.3) is 0 Å². The van der Waals surface area contributed by atoms with E-state index < -0.39 is 33.8 Å². The third-order valence-corrected chi connectivity index (χ3v) is 9.19. The lowest BCUT2D eigenvalue weighted by Crippen LogP contribution is -2.43. The van der Waals surface area contributed by atoms with Crippen LogP contribution in [0.2, 0.25) is 0 Å². The molecule has 1 saturated heterocycles. The van der Waals surface area contributed by atoms with Gasteiger partial charge in [0.05, 0.1) is 17.6 Å². The molecule has 3 heterocycles. The van der Waals surface area contributed by atoms with E-state index in [1.54, 1.807) is 0 Å². The number of methoxy groups -OCH3 is 1. The molecule has 33 heavy (non-hydrogen) atoms. The van der Waals surface area contributed by atoms with Gasteiger partial charge in [-0.3, -0.25) is 9.69 Å². The Kier molecular flexibility index (Phi) is 6.85. The average molecular weight is 496 g/mol. The molecule has 1 amide bonds. The molecule has 1 unspecified atom stereocenters. The van der Waals surface area contributed by atoms with E-state index >= 15 is 0 Å². The summed E-state index contributed by atoms with van der Waals surface area (Å²) in [6, 6.07) is 3.63. The Balaban J connectivity index is 1.61. The lowest BCUT2D eigenvalue weighted by Gasteiger charge is -2.25. The first-order valence-corrected chi connectivity index (χ1v) is 13.1. The third kappa shape index (κ3) is 4.54. The number of thiophene rings is 1. The van der Waals surface area contributed by atoms with Crippen LogP contribution in [-0.2, 0) is 32.5 Å². The van der Waals surface area contributed by atoms with E-state index in [4.69, 9.17) is 4.74 Å². The largest absolute Gasteiger partial charge is 0.465 e. The predicted octanol–water partition coefficient (Wildman–Crippen LogP) is 2.84. The van der Waals surface area contributed by atoms with Crippen LogP contribution in [0.4, 0.5) is 9.39 Å². The van der Waals surface area contributed by atoms with Crippen molar-refractivity contribution in [1.29, 1.82) is 0 Å². The minimum atomic E-state index is -3.98. The number of esters is 1. The molecule has 1 atom stereocenters. The maximum Gasteiger partial charge on any atom is 0.341 e. The number of sulfonamides is 1. The zero-order valence-corrected chi connectivity index (χ0v) is 20.1. The standard InChI is InChI=1S/C22H26FN3O5S2/c1-3-25-12-10-16-18(13-25)32-21(19(16)22(28)31-2)24-20(27)17-5-4-11-26(17)33(29,30)15-8-6-14(23)7-9-15/h6-9,17H,3-5,10-13H2,1-2H3,(H,24,27). The van der Waals surface area contributed by atoms with Gasteiger partial charge in [0, 0.05) is 24.5 Å². The molecule has 1 aromatic carbocycles. The van der Waals surface area contributed by atoms with Gasteiger partial charge in [-0.25, -0.2) is 17.6 Å². The van der Waals surface area contributed by atoms with Crippen LogP contribution in [0.5, 0.6) is 0 Å². The number of nitrogens with one attached hydrogen (secondary N) is 1. The number of rotatable bonds is 6. The third-order valence-electron chi connectivity index (χ3n) is 6.14. The van der Waals surface area contributed by atoms with Crippen molar-refractivity contribution >= 4 is 38.2 Å². The number of ether oxygens (including phenoxy) is 1. The summed E-state index contributed by atoms with van der Waals surface area (Å²) < 4.78 is 45.6. The van der Waals surface area contributed by atoms with Crippen molar-refractivity contribution in [2.45, 2.75) is 43.7 Å². The Labute approximate surface area is 196 Å². The van der Waals surface area contributed by atoms with Crippen molar-refractivity contribution in [3.05, 3.63) is 46.1 Å². The fourth-order valence-corrected chi connectivity index (χ4v) is 7.30. The molecule has 0 saturated carbocycles. The van der Waals surface area contributed by atoms with Crippen LogP contribution in [0.1, 0.15) is 40.6 Å². The predicted molar refractivity (Wildman–Crippen MR) is 122 cm³/mol. The Morgan fingerprint density at radius 3 is 2.64 bits per heavy atom. The zero-order chi connectivity index (χ0) is 23.8. The second-order valence-electron chi connectivity index (χ2n) is 8.04. The van der Waals surface area contributed by atoms with Crippen molar-refractivity contribution in [1.82, 2.24) is 9.21 Å². The summed E-state index contributed by atoms with van der Waals surface area (Å²) in [4.78, 5) is 28.9. The molecule has 1 N–H and O–H groups in total. The number of hydrogen-bond donors (Lipinski definition) is 1. The number of anilines is 1. The molecule has 0 spiro atoms. The molecule has 4 rings (SSSR count). The molecule has 0 aliphatic carbocycles. The zero-order valence-electron chi connectivity index (χ0n) is 18.5. The number of nitrogens with zero attached hydrogens (tertiary/aromatic N) is 2. The molecular weight excluding hydrogens is 469 g/mol. The van der Waals surface area contributed by atoms with Crippen molar-refractivity contribution in [2.24, 2.45) is 0 Å². The maximum absolute atomic E-state index is 13.3. The summed E-state index contributed by atoms with van der Waals surface area (Å²) in [6.07, 6.45) is 1.55.